The van der Waals surface area contributed by atoms with Crippen LogP contribution in [0.2, 0.25) is 0 Å². The summed E-state index contributed by atoms with van der Waals surface area (Å²) in [6.45, 7) is 0.586. The van der Waals surface area contributed by atoms with E-state index >= 15 is 0 Å². The first-order valence-electron chi connectivity index (χ1n) is 6.84. The second-order valence-electron chi connectivity index (χ2n) is 4.68. The zero-order valence-electron chi connectivity index (χ0n) is 11.5. The molecule has 0 radical (unpaired) electrons. The quantitative estimate of drug-likeness (QED) is 0.755. The Kier molecular flexibility index (Phi) is 3.82. The molecular weight excluding hydrogens is 264 g/mol. The molecule has 106 valence electrons. The lowest BCUT2D eigenvalue weighted by Gasteiger charge is -2.08. The van der Waals surface area contributed by atoms with E-state index in [2.05, 4.69) is 15.7 Å². The minimum atomic E-state index is -0.0541. The van der Waals surface area contributed by atoms with Gasteiger partial charge in [0.25, 0.3) is 0 Å². The maximum atomic E-state index is 11.9. The van der Waals surface area contributed by atoms with Crippen molar-refractivity contribution in [2.75, 3.05) is 17.3 Å². The summed E-state index contributed by atoms with van der Waals surface area (Å²) in [5.74, 6) is -0.0541. The smallest absolute Gasteiger partial charge is 0.240 e. The lowest BCUT2D eigenvalue weighted by atomic mass is 10.3. The van der Waals surface area contributed by atoms with Gasteiger partial charge in [0.05, 0.1) is 11.0 Å². The highest BCUT2D eigenvalue weighted by Crippen LogP contribution is 2.10. The summed E-state index contributed by atoms with van der Waals surface area (Å²) in [4.78, 5) is 16.2. The number of hydrogen-bond acceptors (Lipinski definition) is 3. The van der Waals surface area contributed by atoms with Crippen LogP contribution in [0.5, 0.6) is 0 Å². The van der Waals surface area contributed by atoms with Crippen molar-refractivity contribution < 1.29 is 4.79 Å². The van der Waals surface area contributed by atoms with Crippen LogP contribution in [0.1, 0.15) is 6.42 Å². The minimum absolute atomic E-state index is 0.0541. The van der Waals surface area contributed by atoms with Gasteiger partial charge in [0.15, 0.2) is 0 Å². The Balaban J connectivity index is 1.55. The average molecular weight is 280 g/mol. The van der Waals surface area contributed by atoms with Crippen molar-refractivity contribution in [3.8, 4) is 0 Å². The summed E-state index contributed by atoms with van der Waals surface area (Å²) >= 11 is 0. The molecule has 0 fully saturated rings. The molecule has 0 aliphatic heterocycles. The molecule has 0 saturated heterocycles. The summed E-state index contributed by atoms with van der Waals surface area (Å²) in [6.07, 6.45) is 2.01. The number of carbonyl (C=O) groups is 1. The van der Waals surface area contributed by atoms with Crippen LogP contribution in [-0.2, 0) is 4.79 Å². The molecule has 1 amide bonds. The molecule has 0 unspecified atom stereocenters. The Morgan fingerprint density at radius 2 is 1.81 bits per heavy atom. The Morgan fingerprint density at radius 1 is 1.05 bits per heavy atom. The van der Waals surface area contributed by atoms with E-state index in [1.807, 2.05) is 54.6 Å². The highest BCUT2D eigenvalue weighted by molar-refractivity contribution is 5.86. The van der Waals surface area contributed by atoms with Crippen LogP contribution < -0.4 is 10.7 Å². The zero-order chi connectivity index (χ0) is 14.5. The topological polar surface area (TPSA) is 59.0 Å². The van der Waals surface area contributed by atoms with Crippen LogP contribution in [-0.4, -0.2) is 22.1 Å². The molecule has 2 aromatic carbocycles. The summed E-state index contributed by atoms with van der Waals surface area (Å²) in [7, 11) is 0. The molecule has 2 N–H and O–H groups in total. The molecule has 0 saturated carbocycles. The average Bonchev–Trinajstić information content (AvgIpc) is 2.92. The highest BCUT2D eigenvalue weighted by Gasteiger charge is 2.05. The highest BCUT2D eigenvalue weighted by atomic mass is 16.2. The van der Waals surface area contributed by atoms with E-state index in [1.165, 1.54) is 0 Å². The van der Waals surface area contributed by atoms with Gasteiger partial charge in [0, 0.05) is 18.7 Å². The van der Waals surface area contributed by atoms with E-state index in [0.29, 0.717) is 13.0 Å². The molecule has 0 aliphatic carbocycles. The number of nitrogens with zero attached hydrogens (tertiary/aromatic N) is 2. The molecule has 21 heavy (non-hydrogen) atoms. The first-order valence-corrected chi connectivity index (χ1v) is 6.84. The van der Waals surface area contributed by atoms with E-state index in [-0.39, 0.29) is 5.91 Å². The van der Waals surface area contributed by atoms with E-state index in [1.54, 1.807) is 11.0 Å². The number of rotatable bonds is 5. The van der Waals surface area contributed by atoms with Crippen LogP contribution in [0.25, 0.3) is 11.0 Å². The third kappa shape index (κ3) is 3.20. The largest absolute Gasteiger partial charge is 0.385 e. The predicted octanol–water partition coefficient (Wildman–Crippen LogP) is 2.61. The van der Waals surface area contributed by atoms with Crippen molar-refractivity contribution in [1.29, 1.82) is 0 Å². The van der Waals surface area contributed by atoms with Gasteiger partial charge in [-0.25, -0.2) is 9.66 Å². The fraction of sp³-hybridized carbons (Fsp3) is 0.125. The number of aromatic nitrogens is 2. The lowest BCUT2D eigenvalue weighted by molar-refractivity contribution is -0.116. The minimum Gasteiger partial charge on any atom is -0.385 e. The van der Waals surface area contributed by atoms with Crippen LogP contribution in [0, 0.1) is 0 Å². The molecule has 0 bridgehead atoms. The number of fused-ring (bicyclic) bond motifs is 1. The van der Waals surface area contributed by atoms with Crippen molar-refractivity contribution >= 4 is 22.6 Å². The number of hydrogen-bond donors (Lipinski definition) is 2. The van der Waals surface area contributed by atoms with Gasteiger partial charge in [-0.3, -0.25) is 10.2 Å². The second kappa shape index (κ2) is 6.09. The van der Waals surface area contributed by atoms with Crippen LogP contribution in [0.15, 0.2) is 60.9 Å². The number of nitrogens with one attached hydrogen (secondary N) is 2. The van der Waals surface area contributed by atoms with Crippen molar-refractivity contribution in [3.05, 3.63) is 60.9 Å². The van der Waals surface area contributed by atoms with Gasteiger partial charge >= 0.3 is 0 Å². The third-order valence-electron chi connectivity index (χ3n) is 3.15. The summed E-state index contributed by atoms with van der Waals surface area (Å²) in [5.41, 5.74) is 5.59. The molecule has 3 rings (SSSR count). The summed E-state index contributed by atoms with van der Waals surface area (Å²) in [5, 5.41) is 3.21. The Hall–Kier alpha value is -2.82. The monoisotopic (exact) mass is 280 g/mol. The Bertz CT molecular complexity index is 736. The summed E-state index contributed by atoms with van der Waals surface area (Å²) < 4.78 is 1.65. The fourth-order valence-corrected chi connectivity index (χ4v) is 2.11. The number of para-hydroxylation sites is 3. The maximum absolute atomic E-state index is 11.9. The number of anilines is 1. The van der Waals surface area contributed by atoms with Gasteiger partial charge in [0.1, 0.15) is 6.33 Å². The van der Waals surface area contributed by atoms with E-state index < -0.39 is 0 Å². The van der Waals surface area contributed by atoms with Crippen molar-refractivity contribution in [2.24, 2.45) is 0 Å². The van der Waals surface area contributed by atoms with Crippen molar-refractivity contribution in [1.82, 2.24) is 9.66 Å². The van der Waals surface area contributed by atoms with Gasteiger partial charge in [-0.15, -0.1) is 0 Å². The van der Waals surface area contributed by atoms with Gasteiger partial charge in [0.2, 0.25) is 5.91 Å². The molecule has 5 heteroatoms. The standard InChI is InChI=1S/C16H16N4O/c21-16(10-11-17-13-6-2-1-3-7-13)19-20-12-18-14-8-4-5-9-15(14)20/h1-9,12,17H,10-11H2,(H,19,21). The Morgan fingerprint density at radius 3 is 2.67 bits per heavy atom. The molecule has 0 spiro atoms. The van der Waals surface area contributed by atoms with E-state index in [4.69, 9.17) is 0 Å². The number of imidazole rings is 1. The lowest BCUT2D eigenvalue weighted by Crippen LogP contribution is -2.24. The molecular formula is C16H16N4O. The van der Waals surface area contributed by atoms with Gasteiger partial charge < -0.3 is 5.32 Å². The molecule has 3 aromatic rings. The zero-order valence-corrected chi connectivity index (χ0v) is 11.5. The third-order valence-corrected chi connectivity index (χ3v) is 3.15. The normalized spacial score (nSPS) is 10.5. The molecule has 1 aromatic heterocycles. The molecule has 0 aliphatic rings. The maximum Gasteiger partial charge on any atom is 0.240 e. The molecule has 0 atom stereocenters. The number of benzene rings is 2. The molecule has 5 nitrogen and oxygen atoms in total. The van der Waals surface area contributed by atoms with E-state index in [9.17, 15) is 4.79 Å². The van der Waals surface area contributed by atoms with Gasteiger partial charge in [-0.05, 0) is 24.3 Å². The first-order chi connectivity index (χ1) is 10.3. The number of carbonyl (C=O) groups excluding carboxylic acids is 1. The van der Waals surface area contributed by atoms with Crippen LogP contribution >= 0.6 is 0 Å². The van der Waals surface area contributed by atoms with Crippen molar-refractivity contribution in [3.63, 3.8) is 0 Å². The van der Waals surface area contributed by atoms with Crippen LogP contribution in [0.4, 0.5) is 5.69 Å². The first kappa shape index (κ1) is 13.2. The summed E-state index contributed by atoms with van der Waals surface area (Å²) in [6, 6.07) is 17.5. The Labute approximate surface area is 122 Å². The number of amides is 1. The van der Waals surface area contributed by atoms with Gasteiger partial charge in [-0.2, -0.15) is 0 Å². The van der Waals surface area contributed by atoms with Gasteiger partial charge in [-0.1, -0.05) is 30.3 Å². The molecule has 1 heterocycles. The SMILES string of the molecule is O=C(CCNc1ccccc1)Nn1cnc2ccccc21. The van der Waals surface area contributed by atoms with E-state index in [0.717, 1.165) is 16.7 Å². The van der Waals surface area contributed by atoms with Crippen LogP contribution in [0.3, 0.4) is 0 Å². The predicted molar refractivity (Wildman–Crippen MR) is 83.6 cm³/mol. The van der Waals surface area contributed by atoms with Crippen molar-refractivity contribution in [2.45, 2.75) is 6.42 Å². The second-order valence-corrected chi connectivity index (χ2v) is 4.68. The fourth-order valence-electron chi connectivity index (χ4n) is 2.11.